The molecule has 1 heterocycles. The third-order valence-corrected chi connectivity index (χ3v) is 4.16. The maximum absolute atomic E-state index is 10.4. The Morgan fingerprint density at radius 2 is 1.95 bits per heavy atom. The largest absolute Gasteiger partial charge is 0.388 e. The molecule has 1 aromatic rings. The zero-order valence-corrected chi connectivity index (χ0v) is 12.5. The van der Waals surface area contributed by atoms with Crippen molar-refractivity contribution in [2.75, 3.05) is 26.8 Å². The van der Waals surface area contributed by atoms with Crippen molar-refractivity contribution < 1.29 is 9.84 Å². The summed E-state index contributed by atoms with van der Waals surface area (Å²) in [5.41, 5.74) is 0.455. The fourth-order valence-corrected chi connectivity index (χ4v) is 2.74. The maximum atomic E-state index is 10.4. The van der Waals surface area contributed by atoms with Crippen LogP contribution in [0.5, 0.6) is 0 Å². The standard InChI is InChI=1S/C14H19Cl2NO2/c1-17(10-14(18)4-6-19-7-5-14)9-11-2-3-12(15)13(16)8-11/h2-3,8,18H,4-7,9-10H2,1H3. The zero-order valence-electron chi connectivity index (χ0n) is 11.0. The molecule has 0 spiro atoms. The molecule has 1 aliphatic heterocycles. The SMILES string of the molecule is CN(Cc1ccc(Cl)c(Cl)c1)CC1(O)CCOCC1. The predicted octanol–water partition coefficient (Wildman–Crippen LogP) is 2.97. The van der Waals surface area contributed by atoms with E-state index in [1.165, 1.54) is 0 Å². The van der Waals surface area contributed by atoms with E-state index in [0.717, 1.165) is 12.1 Å². The lowest BCUT2D eigenvalue weighted by Gasteiger charge is -2.35. The fourth-order valence-electron chi connectivity index (χ4n) is 2.42. The highest BCUT2D eigenvalue weighted by molar-refractivity contribution is 6.42. The molecular weight excluding hydrogens is 285 g/mol. The molecule has 0 unspecified atom stereocenters. The highest BCUT2D eigenvalue weighted by Crippen LogP contribution is 2.25. The normalized spacial score (nSPS) is 18.8. The van der Waals surface area contributed by atoms with Gasteiger partial charge in [-0.15, -0.1) is 0 Å². The first-order valence-electron chi connectivity index (χ1n) is 6.41. The third-order valence-electron chi connectivity index (χ3n) is 3.42. The van der Waals surface area contributed by atoms with Gasteiger partial charge in [0.05, 0.1) is 15.6 Å². The first kappa shape index (κ1) is 15.1. The van der Waals surface area contributed by atoms with Gasteiger partial charge in [-0.3, -0.25) is 4.90 Å². The Morgan fingerprint density at radius 1 is 1.26 bits per heavy atom. The van der Waals surface area contributed by atoms with Gasteiger partial charge in [0.1, 0.15) is 0 Å². The van der Waals surface area contributed by atoms with Crippen LogP contribution in [0.3, 0.4) is 0 Å². The first-order chi connectivity index (χ1) is 8.98. The van der Waals surface area contributed by atoms with E-state index in [1.54, 1.807) is 6.07 Å². The summed E-state index contributed by atoms with van der Waals surface area (Å²) < 4.78 is 5.28. The first-order valence-corrected chi connectivity index (χ1v) is 7.17. The molecule has 3 nitrogen and oxygen atoms in total. The minimum Gasteiger partial charge on any atom is -0.388 e. The molecule has 0 atom stereocenters. The summed E-state index contributed by atoms with van der Waals surface area (Å²) in [6, 6.07) is 5.63. The van der Waals surface area contributed by atoms with Gasteiger partial charge in [-0.2, -0.15) is 0 Å². The quantitative estimate of drug-likeness (QED) is 0.928. The van der Waals surface area contributed by atoms with Crippen LogP contribution < -0.4 is 0 Å². The topological polar surface area (TPSA) is 32.7 Å². The van der Waals surface area contributed by atoms with Crippen LogP contribution in [-0.2, 0) is 11.3 Å². The highest BCUT2D eigenvalue weighted by Gasteiger charge is 2.30. The van der Waals surface area contributed by atoms with Crippen LogP contribution in [0.2, 0.25) is 10.0 Å². The van der Waals surface area contributed by atoms with Gasteiger partial charge in [0.2, 0.25) is 0 Å². The molecule has 1 N–H and O–H groups in total. The smallest absolute Gasteiger partial charge is 0.0817 e. The molecule has 1 aromatic carbocycles. The Bertz CT molecular complexity index is 433. The molecule has 1 aliphatic rings. The van der Waals surface area contributed by atoms with Crippen molar-refractivity contribution in [2.24, 2.45) is 0 Å². The Morgan fingerprint density at radius 3 is 2.58 bits per heavy atom. The number of hydrogen-bond acceptors (Lipinski definition) is 3. The summed E-state index contributed by atoms with van der Waals surface area (Å²) in [6.45, 7) is 2.64. The van der Waals surface area contributed by atoms with Gasteiger partial charge in [-0.1, -0.05) is 29.3 Å². The van der Waals surface area contributed by atoms with E-state index >= 15 is 0 Å². The van der Waals surface area contributed by atoms with Crippen molar-refractivity contribution in [3.8, 4) is 0 Å². The number of likely N-dealkylation sites (N-methyl/N-ethyl adjacent to an activating group) is 1. The Hall–Kier alpha value is -0.320. The van der Waals surface area contributed by atoms with Crippen LogP contribution in [0.15, 0.2) is 18.2 Å². The van der Waals surface area contributed by atoms with Gasteiger partial charge in [-0.05, 0) is 24.7 Å². The number of hydrogen-bond donors (Lipinski definition) is 1. The second kappa shape index (κ2) is 6.42. The lowest BCUT2D eigenvalue weighted by atomic mass is 9.94. The lowest BCUT2D eigenvalue weighted by Crippen LogP contribution is -2.45. The van der Waals surface area contributed by atoms with Gasteiger partial charge in [0.15, 0.2) is 0 Å². The monoisotopic (exact) mass is 303 g/mol. The summed E-state index contributed by atoms with van der Waals surface area (Å²) >= 11 is 11.9. The second-order valence-corrected chi connectivity index (χ2v) is 6.07. The van der Waals surface area contributed by atoms with E-state index in [1.807, 2.05) is 19.2 Å². The number of halogens is 2. The van der Waals surface area contributed by atoms with Crippen molar-refractivity contribution in [1.29, 1.82) is 0 Å². The second-order valence-electron chi connectivity index (χ2n) is 5.26. The summed E-state index contributed by atoms with van der Waals surface area (Å²) in [5, 5.41) is 11.6. The van der Waals surface area contributed by atoms with Gasteiger partial charge < -0.3 is 9.84 Å². The Balaban J connectivity index is 1.93. The van der Waals surface area contributed by atoms with Crippen molar-refractivity contribution in [2.45, 2.75) is 25.0 Å². The highest BCUT2D eigenvalue weighted by atomic mass is 35.5. The molecule has 0 saturated carbocycles. The van der Waals surface area contributed by atoms with Crippen LogP contribution in [0.1, 0.15) is 18.4 Å². The summed E-state index contributed by atoms with van der Waals surface area (Å²) in [5.74, 6) is 0. The summed E-state index contributed by atoms with van der Waals surface area (Å²) in [4.78, 5) is 2.10. The van der Waals surface area contributed by atoms with Gasteiger partial charge in [-0.25, -0.2) is 0 Å². The fraction of sp³-hybridized carbons (Fsp3) is 0.571. The molecule has 0 radical (unpaired) electrons. The van der Waals surface area contributed by atoms with E-state index in [0.29, 0.717) is 42.6 Å². The van der Waals surface area contributed by atoms with E-state index in [9.17, 15) is 5.11 Å². The Kier molecular flexibility index (Phi) is 5.09. The molecule has 19 heavy (non-hydrogen) atoms. The summed E-state index contributed by atoms with van der Waals surface area (Å²) in [6.07, 6.45) is 1.39. The molecule has 0 amide bonds. The molecule has 0 bridgehead atoms. The third kappa shape index (κ3) is 4.33. The van der Waals surface area contributed by atoms with Gasteiger partial charge in [0, 0.05) is 39.1 Å². The minimum absolute atomic E-state index is 0.566. The van der Waals surface area contributed by atoms with Crippen LogP contribution >= 0.6 is 23.2 Å². The van der Waals surface area contributed by atoms with E-state index in [4.69, 9.17) is 27.9 Å². The van der Waals surface area contributed by atoms with Crippen molar-refractivity contribution in [1.82, 2.24) is 4.90 Å². The van der Waals surface area contributed by atoms with Crippen molar-refractivity contribution in [3.63, 3.8) is 0 Å². The average Bonchev–Trinajstić information content (AvgIpc) is 2.34. The van der Waals surface area contributed by atoms with Crippen LogP contribution in [-0.4, -0.2) is 42.4 Å². The molecule has 5 heteroatoms. The van der Waals surface area contributed by atoms with Crippen molar-refractivity contribution in [3.05, 3.63) is 33.8 Å². The van der Waals surface area contributed by atoms with Crippen molar-refractivity contribution >= 4 is 23.2 Å². The number of aliphatic hydroxyl groups is 1. The lowest BCUT2D eigenvalue weighted by molar-refractivity contribution is -0.0777. The molecular formula is C14H19Cl2NO2. The van der Waals surface area contributed by atoms with Gasteiger partial charge >= 0.3 is 0 Å². The summed E-state index contributed by atoms with van der Waals surface area (Å²) in [7, 11) is 2.00. The average molecular weight is 304 g/mol. The molecule has 2 rings (SSSR count). The molecule has 1 fully saturated rings. The van der Waals surface area contributed by atoms with E-state index in [2.05, 4.69) is 4.90 Å². The molecule has 106 valence electrons. The van der Waals surface area contributed by atoms with E-state index < -0.39 is 5.60 Å². The van der Waals surface area contributed by atoms with E-state index in [-0.39, 0.29) is 0 Å². The predicted molar refractivity (Wildman–Crippen MR) is 77.8 cm³/mol. The number of nitrogens with zero attached hydrogens (tertiary/aromatic N) is 1. The molecule has 0 aliphatic carbocycles. The van der Waals surface area contributed by atoms with Crippen LogP contribution in [0.25, 0.3) is 0 Å². The van der Waals surface area contributed by atoms with Crippen LogP contribution in [0.4, 0.5) is 0 Å². The number of ether oxygens (including phenoxy) is 1. The Labute approximate surface area is 124 Å². The number of rotatable bonds is 4. The zero-order chi connectivity index (χ0) is 13.9. The van der Waals surface area contributed by atoms with Gasteiger partial charge in [0.25, 0.3) is 0 Å². The molecule has 0 aromatic heterocycles. The number of benzene rings is 1. The minimum atomic E-state index is -0.636. The van der Waals surface area contributed by atoms with Crippen LogP contribution in [0, 0.1) is 0 Å². The molecule has 1 saturated heterocycles. The maximum Gasteiger partial charge on any atom is 0.0817 e.